The van der Waals surface area contributed by atoms with Crippen LogP contribution in [0.4, 0.5) is 4.39 Å². The molecule has 1 aromatic carbocycles. The van der Waals surface area contributed by atoms with Crippen LogP contribution in [0, 0.1) is 5.82 Å². The number of benzene rings is 1. The number of hydroxylamine groups is 1. The molecule has 1 aromatic rings. The van der Waals surface area contributed by atoms with E-state index in [-0.39, 0.29) is 11.9 Å². The van der Waals surface area contributed by atoms with Crippen LogP contribution in [0.5, 0.6) is 0 Å². The summed E-state index contributed by atoms with van der Waals surface area (Å²) in [6.07, 6.45) is 18.9. The number of unbranched alkanes of at least 4 members (excludes halogenated alkanes) is 1. The van der Waals surface area contributed by atoms with Gasteiger partial charge in [-0.15, -0.1) is 0 Å². The highest BCUT2D eigenvalue weighted by atomic mass is 35.5. The SMILES string of the molecule is CCC/C=C\C=C1/N(C)C=CN1Cc1c(F)cc([C@@]2(NOC3CCOCC3)C=CC2)cc1Cl. The van der Waals surface area contributed by atoms with E-state index in [9.17, 15) is 0 Å². The van der Waals surface area contributed by atoms with Crippen LogP contribution in [0.15, 0.2) is 60.7 Å². The largest absolute Gasteiger partial charge is 0.381 e. The minimum Gasteiger partial charge on any atom is -0.381 e. The molecule has 33 heavy (non-hydrogen) atoms. The first kappa shape index (κ1) is 24.0. The summed E-state index contributed by atoms with van der Waals surface area (Å²) in [5, 5.41) is 0.418. The van der Waals surface area contributed by atoms with E-state index < -0.39 is 5.54 Å². The highest BCUT2D eigenvalue weighted by Crippen LogP contribution is 2.38. The number of nitrogens with zero attached hydrogens (tertiary/aromatic N) is 2. The molecule has 7 heteroatoms. The molecule has 1 aliphatic carbocycles. The second kappa shape index (κ2) is 10.9. The molecule has 0 saturated carbocycles. The van der Waals surface area contributed by atoms with Crippen LogP contribution >= 0.6 is 11.6 Å². The summed E-state index contributed by atoms with van der Waals surface area (Å²) in [7, 11) is 1.98. The molecule has 2 aliphatic heterocycles. The third kappa shape index (κ3) is 5.52. The van der Waals surface area contributed by atoms with Crippen molar-refractivity contribution in [3.8, 4) is 0 Å². The molecular formula is C26H33ClFN3O2. The molecule has 0 unspecified atom stereocenters. The van der Waals surface area contributed by atoms with E-state index in [0.29, 0.717) is 30.3 Å². The van der Waals surface area contributed by atoms with Gasteiger partial charge in [0.1, 0.15) is 11.6 Å². The number of halogens is 2. The van der Waals surface area contributed by atoms with Crippen molar-refractivity contribution in [2.75, 3.05) is 20.3 Å². The predicted octanol–water partition coefficient (Wildman–Crippen LogP) is 5.75. The number of ether oxygens (including phenoxy) is 1. The first-order valence-electron chi connectivity index (χ1n) is 11.7. The molecule has 0 bridgehead atoms. The zero-order valence-electron chi connectivity index (χ0n) is 19.4. The van der Waals surface area contributed by atoms with Crippen LogP contribution in [0.3, 0.4) is 0 Å². The Morgan fingerprint density at radius 3 is 2.76 bits per heavy atom. The van der Waals surface area contributed by atoms with Crippen molar-refractivity contribution < 1.29 is 14.0 Å². The van der Waals surface area contributed by atoms with Crippen LogP contribution < -0.4 is 5.48 Å². The number of allylic oxidation sites excluding steroid dienone is 3. The average Bonchev–Trinajstić information content (AvgIpc) is 3.13. The Kier molecular flexibility index (Phi) is 7.91. The van der Waals surface area contributed by atoms with Gasteiger partial charge >= 0.3 is 0 Å². The first-order chi connectivity index (χ1) is 16.0. The van der Waals surface area contributed by atoms with Crippen molar-refractivity contribution in [1.29, 1.82) is 0 Å². The zero-order valence-corrected chi connectivity index (χ0v) is 20.2. The van der Waals surface area contributed by atoms with Crippen molar-refractivity contribution in [2.45, 2.75) is 57.2 Å². The summed E-state index contributed by atoms with van der Waals surface area (Å²) >= 11 is 6.63. The molecule has 178 valence electrons. The summed E-state index contributed by atoms with van der Waals surface area (Å²) < 4.78 is 20.7. The van der Waals surface area contributed by atoms with Crippen LogP contribution in [-0.2, 0) is 21.7 Å². The fraction of sp³-hybridized carbons (Fsp3) is 0.462. The smallest absolute Gasteiger partial charge is 0.130 e. The average molecular weight is 474 g/mol. The molecule has 4 rings (SSSR count). The molecule has 1 atom stereocenters. The Balaban J connectivity index is 1.49. The van der Waals surface area contributed by atoms with Crippen LogP contribution in [0.1, 0.15) is 50.2 Å². The van der Waals surface area contributed by atoms with Gasteiger partial charge < -0.3 is 14.5 Å². The van der Waals surface area contributed by atoms with Gasteiger partial charge in [-0.25, -0.2) is 4.39 Å². The fourth-order valence-electron chi connectivity index (χ4n) is 4.17. The third-order valence-electron chi connectivity index (χ3n) is 6.37. The molecule has 0 aromatic heterocycles. The summed E-state index contributed by atoms with van der Waals surface area (Å²) in [6, 6.07) is 3.44. The van der Waals surface area contributed by atoms with Gasteiger partial charge in [-0.3, -0.25) is 4.84 Å². The molecule has 5 nitrogen and oxygen atoms in total. The first-order valence-corrected chi connectivity index (χ1v) is 12.1. The lowest BCUT2D eigenvalue weighted by Gasteiger charge is -2.38. The minimum atomic E-state index is -0.551. The van der Waals surface area contributed by atoms with E-state index in [2.05, 4.69) is 18.5 Å². The van der Waals surface area contributed by atoms with Crippen molar-refractivity contribution in [3.05, 3.63) is 82.7 Å². The van der Waals surface area contributed by atoms with E-state index in [1.54, 1.807) is 6.07 Å². The fourth-order valence-corrected chi connectivity index (χ4v) is 4.43. The molecular weight excluding hydrogens is 441 g/mol. The molecule has 1 fully saturated rings. The van der Waals surface area contributed by atoms with E-state index >= 15 is 4.39 Å². The Morgan fingerprint density at radius 1 is 1.30 bits per heavy atom. The van der Waals surface area contributed by atoms with Gasteiger partial charge in [0, 0.05) is 43.2 Å². The van der Waals surface area contributed by atoms with Crippen molar-refractivity contribution >= 4 is 11.6 Å². The van der Waals surface area contributed by atoms with Gasteiger partial charge in [0.05, 0.1) is 18.2 Å². The molecule has 2 heterocycles. The summed E-state index contributed by atoms with van der Waals surface area (Å²) in [4.78, 5) is 9.98. The Labute approximate surface area is 201 Å². The van der Waals surface area contributed by atoms with E-state index in [1.165, 1.54) is 0 Å². The zero-order chi connectivity index (χ0) is 23.3. The number of rotatable bonds is 9. The molecule has 1 saturated heterocycles. The third-order valence-corrected chi connectivity index (χ3v) is 6.70. The summed E-state index contributed by atoms with van der Waals surface area (Å²) in [6.45, 7) is 3.91. The van der Waals surface area contributed by atoms with Crippen LogP contribution in [0.2, 0.25) is 5.02 Å². The normalized spacial score (nSPS) is 24.4. The standard InChI is InChI=1S/C26H33ClFN3O2/c1-3-4-5-6-8-25-30(2)13-14-31(25)19-22-23(27)17-20(18-24(22)28)26(11-7-12-26)29-33-21-9-15-32-16-10-21/h5-8,11,13-14,17-18,21,29H,3-4,9-10,12,15-16,19H2,1-2H3/b6-5-,25-8+/t26-/m1/s1. The van der Waals surface area contributed by atoms with Gasteiger partial charge in [-0.2, -0.15) is 5.48 Å². The van der Waals surface area contributed by atoms with Gasteiger partial charge in [-0.05, 0) is 49.5 Å². The topological polar surface area (TPSA) is 37.0 Å². The minimum absolute atomic E-state index is 0.0970. The molecule has 1 N–H and O–H groups in total. The van der Waals surface area contributed by atoms with E-state index in [4.69, 9.17) is 21.2 Å². The summed E-state index contributed by atoms with van der Waals surface area (Å²) in [5.74, 6) is 0.667. The lowest BCUT2D eigenvalue weighted by molar-refractivity contribution is -0.105. The van der Waals surface area contributed by atoms with Gasteiger partial charge in [-0.1, -0.05) is 49.2 Å². The number of hydrogen-bond acceptors (Lipinski definition) is 5. The summed E-state index contributed by atoms with van der Waals surface area (Å²) in [5.41, 5.74) is 3.90. The molecule has 0 spiro atoms. The highest BCUT2D eigenvalue weighted by Gasteiger charge is 2.36. The van der Waals surface area contributed by atoms with E-state index in [0.717, 1.165) is 43.5 Å². The number of nitrogens with one attached hydrogen (secondary N) is 1. The predicted molar refractivity (Wildman–Crippen MR) is 129 cm³/mol. The van der Waals surface area contributed by atoms with Crippen LogP contribution in [-0.4, -0.2) is 36.2 Å². The van der Waals surface area contributed by atoms with Gasteiger partial charge in [0.25, 0.3) is 0 Å². The van der Waals surface area contributed by atoms with Crippen LogP contribution in [0.25, 0.3) is 0 Å². The Bertz CT molecular complexity index is 932. The lowest BCUT2D eigenvalue weighted by Crippen LogP contribution is -2.46. The monoisotopic (exact) mass is 473 g/mol. The quantitative estimate of drug-likeness (QED) is 0.365. The van der Waals surface area contributed by atoms with Gasteiger partial charge in [0.15, 0.2) is 0 Å². The Hall–Kier alpha value is -2.12. The molecule has 0 radical (unpaired) electrons. The van der Waals surface area contributed by atoms with E-state index in [1.807, 2.05) is 59.6 Å². The maximum absolute atomic E-state index is 15.3. The van der Waals surface area contributed by atoms with Gasteiger partial charge in [0.2, 0.25) is 0 Å². The maximum Gasteiger partial charge on any atom is 0.130 e. The second-order valence-corrected chi connectivity index (χ2v) is 9.21. The van der Waals surface area contributed by atoms with Crippen molar-refractivity contribution in [1.82, 2.24) is 15.3 Å². The highest BCUT2D eigenvalue weighted by molar-refractivity contribution is 6.31. The molecule has 3 aliphatic rings. The van der Waals surface area contributed by atoms with Crippen molar-refractivity contribution in [3.63, 3.8) is 0 Å². The second-order valence-electron chi connectivity index (χ2n) is 8.81. The number of hydrogen-bond donors (Lipinski definition) is 1. The maximum atomic E-state index is 15.3. The Morgan fingerprint density at radius 2 is 2.09 bits per heavy atom. The lowest BCUT2D eigenvalue weighted by atomic mass is 9.79. The molecule has 0 amide bonds. The van der Waals surface area contributed by atoms with Crippen molar-refractivity contribution in [2.24, 2.45) is 0 Å².